The summed E-state index contributed by atoms with van der Waals surface area (Å²) in [4.78, 5) is 19.8. The lowest BCUT2D eigenvalue weighted by Crippen LogP contribution is -2.07. The Morgan fingerprint density at radius 3 is 3.05 bits per heavy atom. The molecule has 0 saturated carbocycles. The third-order valence-corrected chi connectivity index (χ3v) is 3.04. The zero-order valence-corrected chi connectivity index (χ0v) is 10.6. The van der Waals surface area contributed by atoms with Crippen LogP contribution in [0.2, 0.25) is 0 Å². The molecule has 0 aliphatic carbocycles. The number of nitrogens with one attached hydrogen (secondary N) is 1. The van der Waals surface area contributed by atoms with E-state index in [0.29, 0.717) is 16.6 Å². The summed E-state index contributed by atoms with van der Waals surface area (Å²) in [5, 5.41) is 4.99. The Hall–Kier alpha value is -2.47. The first-order chi connectivity index (χ1) is 9.31. The molecule has 1 N–H and O–H groups in total. The number of nitrogens with zero attached hydrogens (tertiary/aromatic N) is 2. The second-order valence-electron chi connectivity index (χ2n) is 3.68. The number of hydrogen-bond acceptors (Lipinski definition) is 5. The van der Waals surface area contributed by atoms with Crippen LogP contribution in [0.4, 0.5) is 5.13 Å². The van der Waals surface area contributed by atoms with E-state index in [4.69, 9.17) is 4.42 Å². The number of benzene rings is 1. The van der Waals surface area contributed by atoms with Crippen LogP contribution in [0.1, 0.15) is 5.89 Å². The molecular formula is C13H9N3O2S. The molecule has 5 nitrogen and oxygen atoms in total. The largest absolute Gasteiger partial charge is 0.437 e. The fraction of sp³-hybridized carbons (Fsp3) is 0. The number of hydrogen-bond donors (Lipinski definition) is 1. The summed E-state index contributed by atoms with van der Waals surface area (Å²) in [7, 11) is 0. The number of oxazole rings is 1. The first-order valence-corrected chi connectivity index (χ1v) is 6.43. The van der Waals surface area contributed by atoms with Gasteiger partial charge in [-0.05, 0) is 12.1 Å². The molecule has 2 aromatic heterocycles. The highest BCUT2D eigenvalue weighted by Crippen LogP contribution is 2.15. The molecule has 0 radical (unpaired) electrons. The number of aromatic nitrogens is 2. The van der Waals surface area contributed by atoms with Crippen molar-refractivity contribution in [3.05, 3.63) is 47.8 Å². The van der Waals surface area contributed by atoms with Gasteiger partial charge in [0.15, 0.2) is 10.7 Å². The maximum Gasteiger partial charge on any atom is 0.250 e. The van der Waals surface area contributed by atoms with E-state index < -0.39 is 0 Å². The van der Waals surface area contributed by atoms with Crippen molar-refractivity contribution in [3.63, 3.8) is 0 Å². The monoisotopic (exact) mass is 271 g/mol. The molecule has 3 aromatic rings. The highest BCUT2D eigenvalue weighted by atomic mass is 32.1. The van der Waals surface area contributed by atoms with Gasteiger partial charge in [0.2, 0.25) is 11.8 Å². The minimum atomic E-state index is -0.266. The van der Waals surface area contributed by atoms with E-state index in [1.165, 1.54) is 23.5 Å². The highest BCUT2D eigenvalue weighted by molar-refractivity contribution is 7.13. The van der Waals surface area contributed by atoms with E-state index in [9.17, 15) is 4.79 Å². The number of carbonyl (C=O) groups is 1. The molecule has 0 aliphatic rings. The van der Waals surface area contributed by atoms with E-state index in [1.807, 2.05) is 24.3 Å². The SMILES string of the molecule is O=C(/C=C/c1nc2ccccc2o1)Nc1nccs1. The Morgan fingerprint density at radius 2 is 2.26 bits per heavy atom. The van der Waals surface area contributed by atoms with Gasteiger partial charge < -0.3 is 4.42 Å². The van der Waals surface area contributed by atoms with Gasteiger partial charge in [-0.2, -0.15) is 0 Å². The summed E-state index contributed by atoms with van der Waals surface area (Å²) in [6.45, 7) is 0. The average Bonchev–Trinajstić information content (AvgIpc) is 3.04. The fourth-order valence-electron chi connectivity index (χ4n) is 1.54. The molecule has 2 heterocycles. The van der Waals surface area contributed by atoms with Crippen molar-refractivity contribution in [2.75, 3.05) is 5.32 Å². The fourth-order valence-corrected chi connectivity index (χ4v) is 2.07. The summed E-state index contributed by atoms with van der Waals surface area (Å²) in [5.41, 5.74) is 1.46. The van der Waals surface area contributed by atoms with Gasteiger partial charge >= 0.3 is 0 Å². The van der Waals surface area contributed by atoms with Gasteiger partial charge in [-0.15, -0.1) is 11.3 Å². The molecule has 1 amide bonds. The van der Waals surface area contributed by atoms with Crippen LogP contribution in [0.3, 0.4) is 0 Å². The lowest BCUT2D eigenvalue weighted by molar-refractivity contribution is -0.111. The summed E-state index contributed by atoms with van der Waals surface area (Å²) >= 11 is 1.36. The van der Waals surface area contributed by atoms with Crippen LogP contribution in [0.5, 0.6) is 0 Å². The molecule has 0 fully saturated rings. The van der Waals surface area contributed by atoms with Crippen LogP contribution in [-0.4, -0.2) is 15.9 Å². The van der Waals surface area contributed by atoms with Crippen molar-refractivity contribution < 1.29 is 9.21 Å². The highest BCUT2D eigenvalue weighted by Gasteiger charge is 2.03. The minimum absolute atomic E-state index is 0.266. The van der Waals surface area contributed by atoms with Crippen LogP contribution < -0.4 is 5.32 Å². The van der Waals surface area contributed by atoms with Crippen molar-refractivity contribution in [2.24, 2.45) is 0 Å². The zero-order valence-electron chi connectivity index (χ0n) is 9.74. The smallest absolute Gasteiger partial charge is 0.250 e. The summed E-state index contributed by atoms with van der Waals surface area (Å²) in [6.07, 6.45) is 4.53. The van der Waals surface area contributed by atoms with E-state index in [-0.39, 0.29) is 5.91 Å². The molecule has 3 rings (SSSR count). The van der Waals surface area contributed by atoms with Gasteiger partial charge in [-0.3, -0.25) is 10.1 Å². The molecule has 0 unspecified atom stereocenters. The van der Waals surface area contributed by atoms with E-state index in [1.54, 1.807) is 11.6 Å². The zero-order chi connectivity index (χ0) is 13.1. The Balaban J connectivity index is 1.73. The molecule has 0 saturated heterocycles. The normalized spacial score (nSPS) is 11.2. The van der Waals surface area contributed by atoms with Gasteiger partial charge in [0.1, 0.15) is 5.52 Å². The average molecular weight is 271 g/mol. The maximum absolute atomic E-state index is 11.6. The molecule has 94 valence electrons. The molecule has 19 heavy (non-hydrogen) atoms. The van der Waals surface area contributed by atoms with Crippen molar-refractivity contribution >= 4 is 39.6 Å². The summed E-state index contributed by atoms with van der Waals surface area (Å²) in [5.74, 6) is 0.132. The number of thiazole rings is 1. The molecule has 0 spiro atoms. The third-order valence-electron chi connectivity index (χ3n) is 2.35. The van der Waals surface area contributed by atoms with Gasteiger partial charge in [-0.25, -0.2) is 9.97 Å². The van der Waals surface area contributed by atoms with Gasteiger partial charge in [0.25, 0.3) is 0 Å². The van der Waals surface area contributed by atoms with Crippen LogP contribution in [0.15, 0.2) is 46.3 Å². The van der Waals surface area contributed by atoms with Crippen LogP contribution >= 0.6 is 11.3 Å². The number of anilines is 1. The lowest BCUT2D eigenvalue weighted by atomic mass is 10.3. The molecule has 1 aromatic carbocycles. The van der Waals surface area contributed by atoms with Crippen LogP contribution in [0.25, 0.3) is 17.2 Å². The van der Waals surface area contributed by atoms with Crippen molar-refractivity contribution in [1.82, 2.24) is 9.97 Å². The number of para-hydroxylation sites is 2. The number of fused-ring (bicyclic) bond motifs is 1. The number of amides is 1. The van der Waals surface area contributed by atoms with Crippen LogP contribution in [0, 0.1) is 0 Å². The Bertz CT molecular complexity index is 698. The standard InChI is InChI=1S/C13H9N3O2S/c17-11(16-13-14-7-8-19-13)5-6-12-15-9-3-1-2-4-10(9)18-12/h1-8H,(H,14,16,17)/b6-5+. The van der Waals surface area contributed by atoms with Crippen LogP contribution in [-0.2, 0) is 4.79 Å². The predicted molar refractivity (Wildman–Crippen MR) is 73.8 cm³/mol. The molecule has 0 atom stereocenters. The van der Waals surface area contributed by atoms with E-state index in [2.05, 4.69) is 15.3 Å². The summed E-state index contributed by atoms with van der Waals surface area (Å²) in [6, 6.07) is 7.44. The van der Waals surface area contributed by atoms with E-state index >= 15 is 0 Å². The number of carbonyl (C=O) groups excluding carboxylic acids is 1. The van der Waals surface area contributed by atoms with Crippen molar-refractivity contribution in [2.45, 2.75) is 0 Å². The molecule has 0 aliphatic heterocycles. The molecule has 6 heteroatoms. The minimum Gasteiger partial charge on any atom is -0.437 e. The van der Waals surface area contributed by atoms with Gasteiger partial charge in [0, 0.05) is 23.7 Å². The maximum atomic E-state index is 11.6. The third kappa shape index (κ3) is 2.69. The second-order valence-corrected chi connectivity index (χ2v) is 4.57. The van der Waals surface area contributed by atoms with Crippen molar-refractivity contribution in [1.29, 1.82) is 0 Å². The first kappa shape index (κ1) is 11.6. The molecular weight excluding hydrogens is 262 g/mol. The Morgan fingerprint density at radius 1 is 1.37 bits per heavy atom. The molecule has 0 bridgehead atoms. The lowest BCUT2D eigenvalue weighted by Gasteiger charge is -1.93. The Labute approximate surface area is 112 Å². The van der Waals surface area contributed by atoms with Gasteiger partial charge in [0.05, 0.1) is 0 Å². The predicted octanol–water partition coefficient (Wildman–Crippen LogP) is 2.94. The Kier molecular flexibility index (Phi) is 3.07. The second kappa shape index (κ2) is 5.03. The van der Waals surface area contributed by atoms with E-state index in [0.717, 1.165) is 5.52 Å². The van der Waals surface area contributed by atoms with Gasteiger partial charge in [-0.1, -0.05) is 12.1 Å². The first-order valence-electron chi connectivity index (χ1n) is 5.55. The van der Waals surface area contributed by atoms with Crippen molar-refractivity contribution in [3.8, 4) is 0 Å². The quantitative estimate of drug-likeness (QED) is 0.744. The summed E-state index contributed by atoms with van der Waals surface area (Å²) < 4.78 is 5.46. The number of rotatable bonds is 3. The topological polar surface area (TPSA) is 68.0 Å².